The Morgan fingerprint density at radius 3 is 2.81 bits per heavy atom. The first-order valence-electron chi connectivity index (χ1n) is 10.3. The smallest absolute Gasteiger partial charge is 0.305 e. The molecule has 2 N–H and O–H groups in total. The summed E-state index contributed by atoms with van der Waals surface area (Å²) < 4.78 is 4.74. The van der Waals surface area contributed by atoms with E-state index in [9.17, 15) is 15.0 Å². The van der Waals surface area contributed by atoms with E-state index in [-0.39, 0.29) is 29.3 Å². The van der Waals surface area contributed by atoms with E-state index >= 15 is 0 Å². The molecular weight excluding hydrogens is 340 g/mol. The molecule has 4 heteroatoms. The van der Waals surface area contributed by atoms with Crippen LogP contribution in [-0.2, 0) is 9.53 Å². The Hall–Kier alpha value is -1.31. The molecule has 2 fully saturated rings. The van der Waals surface area contributed by atoms with Gasteiger partial charge in [-0.15, -0.1) is 11.8 Å². The minimum Gasteiger partial charge on any atom is -0.469 e. The molecule has 0 radical (unpaired) electrons. The largest absolute Gasteiger partial charge is 0.469 e. The fraction of sp³-hybridized carbons (Fsp3) is 0.783. The highest BCUT2D eigenvalue weighted by atomic mass is 16.5. The van der Waals surface area contributed by atoms with Gasteiger partial charge in [-0.1, -0.05) is 26.0 Å². The number of carbonyl (C=O) groups is 1. The lowest BCUT2D eigenvalue weighted by atomic mass is 9.79. The molecule has 0 aliphatic heterocycles. The van der Waals surface area contributed by atoms with Crippen LogP contribution in [0, 0.1) is 40.9 Å². The van der Waals surface area contributed by atoms with Crippen LogP contribution in [0.1, 0.15) is 65.7 Å². The fourth-order valence-electron chi connectivity index (χ4n) is 5.12. The van der Waals surface area contributed by atoms with Crippen molar-refractivity contribution in [2.45, 2.75) is 77.9 Å². The zero-order chi connectivity index (χ0) is 20.0. The van der Waals surface area contributed by atoms with Crippen molar-refractivity contribution in [3.8, 4) is 11.8 Å². The molecule has 0 heterocycles. The number of aliphatic hydroxyl groups excluding tert-OH is 2. The highest BCUT2D eigenvalue weighted by Crippen LogP contribution is 2.57. The van der Waals surface area contributed by atoms with Crippen molar-refractivity contribution in [1.29, 1.82) is 0 Å². The zero-order valence-electron chi connectivity index (χ0n) is 17.3. The first-order chi connectivity index (χ1) is 12.8. The molecule has 2 aliphatic rings. The highest BCUT2D eigenvalue weighted by Gasteiger charge is 2.50. The predicted molar refractivity (Wildman–Crippen MR) is 107 cm³/mol. The summed E-state index contributed by atoms with van der Waals surface area (Å²) in [6.07, 6.45) is 9.18. The Labute approximate surface area is 164 Å². The maximum atomic E-state index is 11.4. The van der Waals surface area contributed by atoms with E-state index < -0.39 is 6.10 Å². The molecule has 2 rings (SSSR count). The van der Waals surface area contributed by atoms with Gasteiger partial charge in [0.05, 0.1) is 19.3 Å². The van der Waals surface area contributed by atoms with Crippen LogP contribution in [0.4, 0.5) is 0 Å². The Morgan fingerprint density at radius 1 is 1.41 bits per heavy atom. The summed E-state index contributed by atoms with van der Waals surface area (Å²) in [5.74, 6) is 6.98. The third-order valence-corrected chi connectivity index (χ3v) is 6.68. The molecule has 0 aromatic rings. The lowest BCUT2D eigenvalue weighted by Crippen LogP contribution is -2.22. The number of methoxy groups -OCH3 is 1. The van der Waals surface area contributed by atoms with Gasteiger partial charge < -0.3 is 14.9 Å². The molecule has 0 bridgehead atoms. The lowest BCUT2D eigenvalue weighted by molar-refractivity contribution is -0.140. The van der Waals surface area contributed by atoms with Gasteiger partial charge in [-0.3, -0.25) is 4.79 Å². The molecule has 2 saturated carbocycles. The minimum absolute atomic E-state index is 0.0928. The van der Waals surface area contributed by atoms with Crippen molar-refractivity contribution in [3.05, 3.63) is 12.2 Å². The van der Waals surface area contributed by atoms with Crippen LogP contribution in [0.2, 0.25) is 0 Å². The van der Waals surface area contributed by atoms with E-state index in [0.29, 0.717) is 24.7 Å². The van der Waals surface area contributed by atoms with Gasteiger partial charge in [0.1, 0.15) is 0 Å². The molecule has 152 valence electrons. The SMILES string of the molecule is CC#CC[C@@H](C)[C@H](O)/C=C/[C@@H]1[C@H]2CC(C)(CCCC(=O)OC)C[C@H]2C[C@H]1O. The van der Waals surface area contributed by atoms with Crippen molar-refractivity contribution in [3.63, 3.8) is 0 Å². The Bertz CT molecular complexity index is 587. The summed E-state index contributed by atoms with van der Waals surface area (Å²) in [6.45, 7) is 6.13. The Kier molecular flexibility index (Phi) is 7.94. The maximum absolute atomic E-state index is 11.4. The molecular formula is C23H36O4. The van der Waals surface area contributed by atoms with E-state index in [1.54, 1.807) is 0 Å². The quantitative estimate of drug-likeness (QED) is 0.385. The Balaban J connectivity index is 1.92. The van der Waals surface area contributed by atoms with Gasteiger partial charge in [-0.25, -0.2) is 0 Å². The summed E-state index contributed by atoms with van der Waals surface area (Å²) in [4.78, 5) is 11.4. The molecule has 7 atom stereocenters. The standard InChI is InChI=1S/C23H36O4/c1-5-6-8-16(2)20(24)11-10-18-19-15-23(3,12-7-9-22(26)27-4)14-17(19)13-21(18)25/h10-11,16-21,24-25H,7-9,12-15H2,1-4H3/b11-10+/t16-,17-,18-,19+,20-,21-,23?/m1/s1. The number of esters is 1. The van der Waals surface area contributed by atoms with Crippen LogP contribution < -0.4 is 0 Å². The molecule has 2 aliphatic carbocycles. The zero-order valence-corrected chi connectivity index (χ0v) is 17.3. The fourth-order valence-corrected chi connectivity index (χ4v) is 5.12. The van der Waals surface area contributed by atoms with Crippen LogP contribution in [0.3, 0.4) is 0 Å². The summed E-state index contributed by atoms with van der Waals surface area (Å²) in [6, 6.07) is 0. The summed E-state index contributed by atoms with van der Waals surface area (Å²) in [5.41, 5.74) is 0.234. The van der Waals surface area contributed by atoms with Gasteiger partial charge in [0, 0.05) is 18.8 Å². The van der Waals surface area contributed by atoms with Gasteiger partial charge >= 0.3 is 5.97 Å². The number of rotatable bonds is 8. The van der Waals surface area contributed by atoms with E-state index in [2.05, 4.69) is 24.8 Å². The minimum atomic E-state index is -0.523. The number of ether oxygens (including phenoxy) is 1. The Morgan fingerprint density at radius 2 is 2.15 bits per heavy atom. The second-order valence-electron chi connectivity index (χ2n) is 8.94. The van der Waals surface area contributed by atoms with E-state index in [0.717, 1.165) is 32.1 Å². The lowest BCUT2D eigenvalue weighted by Gasteiger charge is -2.27. The average molecular weight is 377 g/mol. The van der Waals surface area contributed by atoms with E-state index in [4.69, 9.17) is 4.74 Å². The van der Waals surface area contributed by atoms with Crippen molar-refractivity contribution >= 4 is 5.97 Å². The third-order valence-electron chi connectivity index (χ3n) is 6.68. The highest BCUT2D eigenvalue weighted by molar-refractivity contribution is 5.68. The van der Waals surface area contributed by atoms with Gasteiger partial charge in [-0.2, -0.15) is 0 Å². The van der Waals surface area contributed by atoms with Crippen molar-refractivity contribution < 1.29 is 19.7 Å². The molecule has 1 unspecified atom stereocenters. The van der Waals surface area contributed by atoms with Gasteiger partial charge in [-0.05, 0) is 62.2 Å². The van der Waals surface area contributed by atoms with Crippen LogP contribution in [-0.4, -0.2) is 35.5 Å². The van der Waals surface area contributed by atoms with Crippen LogP contribution in [0.15, 0.2) is 12.2 Å². The third kappa shape index (κ3) is 5.83. The first-order valence-corrected chi connectivity index (χ1v) is 10.3. The predicted octanol–water partition coefficient (Wildman–Crippen LogP) is 3.71. The number of aliphatic hydroxyl groups is 2. The monoisotopic (exact) mass is 376 g/mol. The molecule has 0 amide bonds. The van der Waals surface area contributed by atoms with E-state index in [1.165, 1.54) is 7.11 Å². The summed E-state index contributed by atoms with van der Waals surface area (Å²) >= 11 is 0. The molecule has 0 aromatic heterocycles. The molecule has 4 nitrogen and oxygen atoms in total. The molecule has 0 aromatic carbocycles. The van der Waals surface area contributed by atoms with Crippen molar-refractivity contribution in [2.24, 2.45) is 29.1 Å². The number of carbonyl (C=O) groups excluding carboxylic acids is 1. The first kappa shape index (κ1) is 22.0. The second kappa shape index (κ2) is 9.75. The summed E-state index contributed by atoms with van der Waals surface area (Å²) in [5, 5.41) is 20.9. The average Bonchev–Trinajstić information content (AvgIpc) is 3.09. The van der Waals surface area contributed by atoms with Crippen LogP contribution in [0.5, 0.6) is 0 Å². The van der Waals surface area contributed by atoms with Gasteiger partial charge in [0.2, 0.25) is 0 Å². The second-order valence-corrected chi connectivity index (χ2v) is 8.94. The van der Waals surface area contributed by atoms with Crippen LogP contribution in [0.25, 0.3) is 0 Å². The number of fused-ring (bicyclic) bond motifs is 1. The van der Waals surface area contributed by atoms with E-state index in [1.807, 2.05) is 19.9 Å². The number of hydrogen-bond acceptors (Lipinski definition) is 4. The topological polar surface area (TPSA) is 66.8 Å². The molecule has 27 heavy (non-hydrogen) atoms. The van der Waals surface area contributed by atoms with Crippen molar-refractivity contribution in [2.75, 3.05) is 7.11 Å². The van der Waals surface area contributed by atoms with Crippen molar-refractivity contribution in [1.82, 2.24) is 0 Å². The molecule has 0 saturated heterocycles. The van der Waals surface area contributed by atoms with Crippen LogP contribution >= 0.6 is 0 Å². The molecule has 0 spiro atoms. The maximum Gasteiger partial charge on any atom is 0.305 e. The number of hydrogen-bond donors (Lipinski definition) is 2. The van der Waals surface area contributed by atoms with Gasteiger partial charge in [0.25, 0.3) is 0 Å². The summed E-state index contributed by atoms with van der Waals surface area (Å²) in [7, 11) is 1.44. The van der Waals surface area contributed by atoms with Gasteiger partial charge in [0.15, 0.2) is 0 Å². The normalized spacial score (nSPS) is 34.7.